The fraction of sp³-hybridized carbons (Fsp3) is 0.667. The molecular weight excluding hydrogens is 362 g/mol. The monoisotopic (exact) mass is 394 g/mol. The lowest BCUT2D eigenvalue weighted by atomic mass is 9.68. The van der Waals surface area contributed by atoms with Crippen LogP contribution in [0.3, 0.4) is 0 Å². The molecule has 0 saturated heterocycles. The molecule has 150 valence electrons. The summed E-state index contributed by atoms with van der Waals surface area (Å²) in [5, 5.41) is 0.215. The lowest BCUT2D eigenvalue weighted by molar-refractivity contribution is 0.152. The van der Waals surface area contributed by atoms with E-state index in [9.17, 15) is 8.78 Å². The maximum atomic E-state index is 13.6. The Kier molecular flexibility index (Phi) is 8.18. The van der Waals surface area contributed by atoms with Crippen LogP contribution < -0.4 is 0 Å². The molecule has 2 fully saturated rings. The molecule has 0 bridgehead atoms. The zero-order valence-electron chi connectivity index (χ0n) is 16.3. The summed E-state index contributed by atoms with van der Waals surface area (Å²) in [6.07, 6.45) is 17.7. The van der Waals surface area contributed by atoms with E-state index >= 15 is 0 Å². The Bertz CT molecular complexity index is 596. The average molecular weight is 395 g/mol. The van der Waals surface area contributed by atoms with Gasteiger partial charge in [-0.15, -0.1) is 0 Å². The Balaban J connectivity index is 1.36. The predicted molar refractivity (Wildman–Crippen MR) is 110 cm³/mol. The van der Waals surface area contributed by atoms with Crippen molar-refractivity contribution in [1.29, 1.82) is 0 Å². The number of hydrogen-bond acceptors (Lipinski definition) is 0. The van der Waals surface area contributed by atoms with Crippen LogP contribution in [-0.4, -0.2) is 6.67 Å². The molecule has 0 atom stereocenters. The smallest absolute Gasteiger partial charge is 0.142 e. The molecule has 3 heteroatoms. The fourth-order valence-electron chi connectivity index (χ4n) is 5.17. The van der Waals surface area contributed by atoms with Crippen molar-refractivity contribution in [2.24, 2.45) is 23.7 Å². The van der Waals surface area contributed by atoms with Crippen LogP contribution in [0, 0.1) is 29.5 Å². The molecule has 1 aromatic rings. The third-order valence-corrected chi connectivity index (χ3v) is 7.19. The van der Waals surface area contributed by atoms with E-state index in [1.807, 2.05) is 12.1 Å². The topological polar surface area (TPSA) is 0 Å². The standard InChI is InChI=1S/C24H33ClF2/c25-23-15-10-20(17-24(23)27)5-4-19-8-13-22(14-9-19)21-11-6-18(7-12-21)3-1-2-16-26/h1,3,10,15,17-19,21-22H,2,4-9,11-14,16H2/b3-1+/t18-,19?,21-,22?. The van der Waals surface area contributed by atoms with Crippen molar-refractivity contribution in [3.05, 3.63) is 46.8 Å². The van der Waals surface area contributed by atoms with E-state index in [0.717, 1.165) is 29.7 Å². The maximum Gasteiger partial charge on any atom is 0.142 e. The van der Waals surface area contributed by atoms with Gasteiger partial charge in [0.2, 0.25) is 0 Å². The molecule has 3 rings (SSSR count). The first-order valence-corrected chi connectivity index (χ1v) is 11.2. The highest BCUT2D eigenvalue weighted by atomic mass is 35.5. The fourth-order valence-corrected chi connectivity index (χ4v) is 5.29. The van der Waals surface area contributed by atoms with E-state index < -0.39 is 0 Å². The lowest BCUT2D eigenvalue weighted by Gasteiger charge is -2.37. The SMILES string of the molecule is FCC/C=C/[C@H]1CC[C@H](C2CCC(CCc3ccc(Cl)c(F)c3)CC2)CC1. The molecule has 0 N–H and O–H groups in total. The summed E-state index contributed by atoms with van der Waals surface area (Å²) < 4.78 is 25.8. The highest BCUT2D eigenvalue weighted by molar-refractivity contribution is 6.30. The molecule has 2 aliphatic rings. The molecule has 0 spiro atoms. The van der Waals surface area contributed by atoms with Crippen molar-refractivity contribution in [3.63, 3.8) is 0 Å². The Morgan fingerprint density at radius 1 is 0.963 bits per heavy atom. The number of halogens is 3. The summed E-state index contributed by atoms with van der Waals surface area (Å²) in [6, 6.07) is 5.22. The van der Waals surface area contributed by atoms with Crippen molar-refractivity contribution >= 4 is 11.6 Å². The lowest BCUT2D eigenvalue weighted by Crippen LogP contribution is -2.25. The maximum absolute atomic E-state index is 13.6. The molecule has 27 heavy (non-hydrogen) atoms. The molecule has 0 heterocycles. The molecular formula is C24H33ClF2. The molecule has 2 aliphatic carbocycles. The van der Waals surface area contributed by atoms with Crippen LogP contribution in [0.4, 0.5) is 8.78 Å². The number of allylic oxidation sites excluding steroid dienone is 2. The quantitative estimate of drug-likeness (QED) is 0.411. The van der Waals surface area contributed by atoms with Gasteiger partial charge in [-0.1, -0.05) is 42.7 Å². The van der Waals surface area contributed by atoms with Gasteiger partial charge in [-0.25, -0.2) is 4.39 Å². The van der Waals surface area contributed by atoms with Crippen LogP contribution >= 0.6 is 11.6 Å². The molecule has 0 aromatic heterocycles. The third-order valence-electron chi connectivity index (χ3n) is 6.88. The molecule has 1 aromatic carbocycles. The second kappa shape index (κ2) is 10.6. The molecule has 2 saturated carbocycles. The number of rotatable bonds is 7. The number of aryl methyl sites for hydroxylation is 1. The minimum absolute atomic E-state index is 0.215. The first-order valence-electron chi connectivity index (χ1n) is 10.8. The summed E-state index contributed by atoms with van der Waals surface area (Å²) >= 11 is 5.77. The average Bonchev–Trinajstić information content (AvgIpc) is 2.70. The van der Waals surface area contributed by atoms with E-state index in [0.29, 0.717) is 12.3 Å². The predicted octanol–water partition coefficient (Wildman–Crippen LogP) is 7.94. The normalized spacial score (nSPS) is 29.3. The summed E-state index contributed by atoms with van der Waals surface area (Å²) in [4.78, 5) is 0. The largest absolute Gasteiger partial charge is 0.251 e. The van der Waals surface area contributed by atoms with Crippen LogP contribution in [0.25, 0.3) is 0 Å². The van der Waals surface area contributed by atoms with Crippen molar-refractivity contribution in [1.82, 2.24) is 0 Å². The van der Waals surface area contributed by atoms with Gasteiger partial charge in [-0.05, 0) is 99.2 Å². The zero-order valence-corrected chi connectivity index (χ0v) is 17.1. The molecule has 0 nitrogen and oxygen atoms in total. The molecule has 0 unspecified atom stereocenters. The molecule has 0 amide bonds. The van der Waals surface area contributed by atoms with Crippen LogP contribution in [-0.2, 0) is 6.42 Å². The van der Waals surface area contributed by atoms with E-state index in [-0.39, 0.29) is 17.5 Å². The van der Waals surface area contributed by atoms with Gasteiger partial charge in [0.05, 0.1) is 11.7 Å². The first-order chi connectivity index (χ1) is 13.2. The minimum Gasteiger partial charge on any atom is -0.251 e. The van der Waals surface area contributed by atoms with E-state index in [1.54, 1.807) is 12.1 Å². The van der Waals surface area contributed by atoms with Crippen molar-refractivity contribution < 1.29 is 8.78 Å². The molecule has 0 radical (unpaired) electrons. The second-order valence-electron chi connectivity index (χ2n) is 8.65. The minimum atomic E-state index is -0.298. The number of hydrogen-bond donors (Lipinski definition) is 0. The van der Waals surface area contributed by atoms with E-state index in [1.165, 1.54) is 57.8 Å². The van der Waals surface area contributed by atoms with Gasteiger partial charge in [-0.3, -0.25) is 4.39 Å². The van der Waals surface area contributed by atoms with E-state index in [4.69, 9.17) is 11.6 Å². The zero-order chi connectivity index (χ0) is 19.1. The van der Waals surface area contributed by atoms with Crippen LogP contribution in [0.1, 0.15) is 69.8 Å². The number of alkyl halides is 1. The van der Waals surface area contributed by atoms with Gasteiger partial charge in [0.25, 0.3) is 0 Å². The van der Waals surface area contributed by atoms with Gasteiger partial charge < -0.3 is 0 Å². The van der Waals surface area contributed by atoms with Gasteiger partial charge in [0, 0.05) is 0 Å². The van der Waals surface area contributed by atoms with Gasteiger partial charge >= 0.3 is 0 Å². The summed E-state index contributed by atoms with van der Waals surface area (Å²) in [6.45, 7) is -0.234. The summed E-state index contributed by atoms with van der Waals surface area (Å²) in [7, 11) is 0. The van der Waals surface area contributed by atoms with Crippen LogP contribution in [0.5, 0.6) is 0 Å². The highest BCUT2D eigenvalue weighted by Crippen LogP contribution is 2.42. The Morgan fingerprint density at radius 2 is 1.63 bits per heavy atom. The van der Waals surface area contributed by atoms with Gasteiger partial charge in [-0.2, -0.15) is 0 Å². The van der Waals surface area contributed by atoms with Crippen molar-refractivity contribution in [2.75, 3.05) is 6.67 Å². The first kappa shape index (κ1) is 20.8. The van der Waals surface area contributed by atoms with Gasteiger partial charge in [0.15, 0.2) is 0 Å². The third kappa shape index (κ3) is 6.31. The highest BCUT2D eigenvalue weighted by Gasteiger charge is 2.30. The number of benzene rings is 1. The van der Waals surface area contributed by atoms with Crippen molar-refractivity contribution in [3.8, 4) is 0 Å². The summed E-state index contributed by atoms with van der Waals surface area (Å²) in [5.41, 5.74) is 1.07. The summed E-state index contributed by atoms with van der Waals surface area (Å²) in [5.74, 6) is 2.99. The molecule has 0 aliphatic heterocycles. The van der Waals surface area contributed by atoms with Crippen LogP contribution in [0.2, 0.25) is 5.02 Å². The van der Waals surface area contributed by atoms with Crippen LogP contribution in [0.15, 0.2) is 30.4 Å². The van der Waals surface area contributed by atoms with Gasteiger partial charge in [0.1, 0.15) is 5.82 Å². The Labute approximate surface area is 168 Å². The Hall–Kier alpha value is -0.890. The second-order valence-corrected chi connectivity index (χ2v) is 9.06. The van der Waals surface area contributed by atoms with E-state index in [2.05, 4.69) is 6.08 Å². The van der Waals surface area contributed by atoms with Crippen molar-refractivity contribution in [2.45, 2.75) is 70.6 Å². The Morgan fingerprint density at radius 3 is 2.26 bits per heavy atom.